The average Bonchev–Trinajstić information content (AvgIpc) is 2.82. The standard InChI is InChI=1S/C13H10N4O2/c18-12(19)5-9-6-14-13(15-7-9)10-8-17-4-2-1-3-11(17)16-10/h1-4,6-8H,5H2,(H,18,19). The molecule has 0 saturated heterocycles. The third kappa shape index (κ3) is 2.28. The van der Waals surface area contributed by atoms with E-state index in [4.69, 9.17) is 5.11 Å². The molecule has 0 unspecified atom stereocenters. The van der Waals surface area contributed by atoms with Gasteiger partial charge in [-0.05, 0) is 17.7 Å². The number of fused-ring (bicyclic) bond motifs is 1. The molecule has 0 radical (unpaired) electrons. The minimum atomic E-state index is -0.899. The summed E-state index contributed by atoms with van der Waals surface area (Å²) < 4.78 is 1.88. The maximum absolute atomic E-state index is 10.6. The maximum atomic E-state index is 10.6. The fourth-order valence-electron chi connectivity index (χ4n) is 1.80. The van der Waals surface area contributed by atoms with Crippen molar-refractivity contribution in [3.8, 4) is 11.5 Å². The van der Waals surface area contributed by atoms with Crippen LogP contribution in [0.2, 0.25) is 0 Å². The van der Waals surface area contributed by atoms with Gasteiger partial charge < -0.3 is 9.51 Å². The molecule has 0 atom stereocenters. The van der Waals surface area contributed by atoms with Gasteiger partial charge in [0.05, 0.1) is 6.42 Å². The predicted molar refractivity (Wildman–Crippen MR) is 67.6 cm³/mol. The first kappa shape index (κ1) is 11.3. The lowest BCUT2D eigenvalue weighted by atomic mass is 10.2. The zero-order valence-electron chi connectivity index (χ0n) is 9.89. The monoisotopic (exact) mass is 254 g/mol. The van der Waals surface area contributed by atoms with Crippen molar-refractivity contribution in [1.82, 2.24) is 19.4 Å². The highest BCUT2D eigenvalue weighted by atomic mass is 16.4. The molecule has 0 aliphatic carbocycles. The van der Waals surface area contributed by atoms with Gasteiger partial charge in [-0.3, -0.25) is 4.79 Å². The lowest BCUT2D eigenvalue weighted by molar-refractivity contribution is -0.136. The van der Waals surface area contributed by atoms with Gasteiger partial charge in [-0.2, -0.15) is 0 Å². The lowest BCUT2D eigenvalue weighted by Crippen LogP contribution is -2.01. The molecule has 6 heteroatoms. The smallest absolute Gasteiger partial charge is 0.307 e. The van der Waals surface area contributed by atoms with Crippen LogP contribution in [0, 0.1) is 0 Å². The molecule has 3 heterocycles. The summed E-state index contributed by atoms with van der Waals surface area (Å²) in [6.45, 7) is 0. The number of aliphatic carboxylic acids is 1. The molecule has 0 aromatic carbocycles. The van der Waals surface area contributed by atoms with Crippen LogP contribution in [-0.4, -0.2) is 30.4 Å². The van der Waals surface area contributed by atoms with E-state index in [1.807, 2.05) is 35.0 Å². The predicted octanol–water partition coefficient (Wildman–Crippen LogP) is 1.42. The molecule has 0 amide bonds. The van der Waals surface area contributed by atoms with Gasteiger partial charge in [0, 0.05) is 24.8 Å². The summed E-state index contributed by atoms with van der Waals surface area (Å²) in [6, 6.07) is 5.71. The number of carbonyl (C=O) groups is 1. The highest BCUT2D eigenvalue weighted by Gasteiger charge is 2.07. The molecule has 94 valence electrons. The number of carboxylic acid groups (broad SMARTS) is 1. The fourth-order valence-corrected chi connectivity index (χ4v) is 1.80. The van der Waals surface area contributed by atoms with Crippen LogP contribution < -0.4 is 0 Å². The van der Waals surface area contributed by atoms with E-state index in [2.05, 4.69) is 15.0 Å². The highest BCUT2D eigenvalue weighted by Crippen LogP contribution is 2.14. The molecule has 6 nitrogen and oxygen atoms in total. The molecule has 0 aliphatic heterocycles. The third-order valence-corrected chi connectivity index (χ3v) is 2.65. The number of carboxylic acids is 1. The Morgan fingerprint density at radius 2 is 2.05 bits per heavy atom. The van der Waals surface area contributed by atoms with E-state index in [9.17, 15) is 4.79 Å². The summed E-state index contributed by atoms with van der Waals surface area (Å²) in [4.78, 5) is 23.3. The van der Waals surface area contributed by atoms with Gasteiger partial charge in [-0.1, -0.05) is 6.07 Å². The summed E-state index contributed by atoms with van der Waals surface area (Å²) in [5.41, 5.74) is 2.05. The van der Waals surface area contributed by atoms with Crippen molar-refractivity contribution in [1.29, 1.82) is 0 Å². The van der Waals surface area contributed by atoms with Crippen LogP contribution in [0.15, 0.2) is 43.0 Å². The highest BCUT2D eigenvalue weighted by molar-refractivity contribution is 5.70. The van der Waals surface area contributed by atoms with E-state index in [-0.39, 0.29) is 6.42 Å². The van der Waals surface area contributed by atoms with E-state index in [0.29, 0.717) is 17.1 Å². The second-order valence-corrected chi connectivity index (χ2v) is 4.08. The van der Waals surface area contributed by atoms with E-state index in [1.54, 1.807) is 0 Å². The molecule has 0 spiro atoms. The number of nitrogens with zero attached hydrogens (tertiary/aromatic N) is 4. The molecule has 3 rings (SSSR count). The summed E-state index contributed by atoms with van der Waals surface area (Å²) in [7, 11) is 0. The van der Waals surface area contributed by atoms with Gasteiger partial charge in [0.1, 0.15) is 11.3 Å². The van der Waals surface area contributed by atoms with E-state index in [0.717, 1.165) is 5.65 Å². The molecule has 1 N–H and O–H groups in total. The molecule has 0 fully saturated rings. The van der Waals surface area contributed by atoms with Crippen molar-refractivity contribution in [3.63, 3.8) is 0 Å². The van der Waals surface area contributed by atoms with Crippen molar-refractivity contribution < 1.29 is 9.90 Å². The van der Waals surface area contributed by atoms with Crippen LogP contribution in [0.5, 0.6) is 0 Å². The van der Waals surface area contributed by atoms with Gasteiger partial charge >= 0.3 is 5.97 Å². The molecule has 3 aromatic heterocycles. The van der Waals surface area contributed by atoms with Crippen LogP contribution in [0.1, 0.15) is 5.56 Å². The average molecular weight is 254 g/mol. The Bertz CT molecular complexity index is 701. The normalized spacial score (nSPS) is 10.7. The minimum Gasteiger partial charge on any atom is -0.481 e. The van der Waals surface area contributed by atoms with Crippen LogP contribution in [0.3, 0.4) is 0 Å². The molecular formula is C13H10N4O2. The molecule has 0 saturated carbocycles. The van der Waals surface area contributed by atoms with E-state index in [1.165, 1.54) is 12.4 Å². The molecule has 3 aromatic rings. The number of hydrogen-bond acceptors (Lipinski definition) is 4. The van der Waals surface area contributed by atoms with Crippen molar-refractivity contribution in [3.05, 3.63) is 48.5 Å². The SMILES string of the molecule is O=C(O)Cc1cnc(-c2cn3ccccc3n2)nc1. The molecule has 0 bridgehead atoms. The van der Waals surface area contributed by atoms with Gasteiger partial charge in [-0.25, -0.2) is 15.0 Å². The Balaban J connectivity index is 1.95. The van der Waals surface area contributed by atoms with Gasteiger partial charge in [0.2, 0.25) is 0 Å². The third-order valence-electron chi connectivity index (χ3n) is 2.65. The Hall–Kier alpha value is -2.76. The second-order valence-electron chi connectivity index (χ2n) is 4.08. The number of pyridine rings is 1. The first-order valence-corrected chi connectivity index (χ1v) is 5.69. The van der Waals surface area contributed by atoms with E-state index < -0.39 is 5.97 Å². The van der Waals surface area contributed by atoms with Gasteiger partial charge in [0.15, 0.2) is 5.82 Å². The van der Waals surface area contributed by atoms with Gasteiger partial charge in [-0.15, -0.1) is 0 Å². The zero-order valence-corrected chi connectivity index (χ0v) is 9.89. The Kier molecular flexibility index (Phi) is 2.68. The number of aromatic nitrogens is 4. The largest absolute Gasteiger partial charge is 0.481 e. The van der Waals surface area contributed by atoms with E-state index >= 15 is 0 Å². The first-order valence-electron chi connectivity index (χ1n) is 5.69. The maximum Gasteiger partial charge on any atom is 0.307 e. The lowest BCUT2D eigenvalue weighted by Gasteiger charge is -1.97. The Labute approximate surface area is 108 Å². The quantitative estimate of drug-likeness (QED) is 0.764. The van der Waals surface area contributed by atoms with Crippen molar-refractivity contribution in [2.24, 2.45) is 0 Å². The van der Waals surface area contributed by atoms with Gasteiger partial charge in [0.25, 0.3) is 0 Å². The topological polar surface area (TPSA) is 80.4 Å². The van der Waals surface area contributed by atoms with Crippen LogP contribution in [0.25, 0.3) is 17.2 Å². The van der Waals surface area contributed by atoms with Crippen LogP contribution >= 0.6 is 0 Å². The molecule has 19 heavy (non-hydrogen) atoms. The Morgan fingerprint density at radius 1 is 1.26 bits per heavy atom. The minimum absolute atomic E-state index is 0.0779. The summed E-state index contributed by atoms with van der Waals surface area (Å²) >= 11 is 0. The fraction of sp³-hybridized carbons (Fsp3) is 0.0769. The van der Waals surface area contributed by atoms with Crippen molar-refractivity contribution in [2.75, 3.05) is 0 Å². The number of hydrogen-bond donors (Lipinski definition) is 1. The number of imidazole rings is 1. The van der Waals surface area contributed by atoms with Crippen LogP contribution in [-0.2, 0) is 11.2 Å². The zero-order chi connectivity index (χ0) is 13.2. The summed E-state index contributed by atoms with van der Waals surface area (Å²) in [5.74, 6) is -0.415. The van der Waals surface area contributed by atoms with Crippen molar-refractivity contribution in [2.45, 2.75) is 6.42 Å². The molecule has 0 aliphatic rings. The second kappa shape index (κ2) is 4.49. The van der Waals surface area contributed by atoms with Crippen molar-refractivity contribution >= 4 is 11.6 Å². The first-order chi connectivity index (χ1) is 9.22. The molecular weight excluding hydrogens is 244 g/mol. The summed E-state index contributed by atoms with van der Waals surface area (Å²) in [6.07, 6.45) is 6.68. The number of rotatable bonds is 3. The Morgan fingerprint density at radius 3 is 2.74 bits per heavy atom. The summed E-state index contributed by atoms with van der Waals surface area (Å²) in [5, 5.41) is 8.68. The van der Waals surface area contributed by atoms with Crippen LogP contribution in [0.4, 0.5) is 0 Å².